The lowest BCUT2D eigenvalue weighted by atomic mass is 10.1. The van der Waals surface area contributed by atoms with Crippen LogP contribution in [-0.4, -0.2) is 22.5 Å². The van der Waals surface area contributed by atoms with Gasteiger partial charge in [-0.25, -0.2) is 0 Å². The molecule has 19 heavy (non-hydrogen) atoms. The third kappa shape index (κ3) is 3.31. The van der Waals surface area contributed by atoms with Crippen LogP contribution >= 0.6 is 0 Å². The van der Waals surface area contributed by atoms with Gasteiger partial charge in [-0.05, 0) is 36.8 Å². The van der Waals surface area contributed by atoms with Crippen LogP contribution in [0.5, 0.6) is 5.75 Å². The van der Waals surface area contributed by atoms with Crippen molar-refractivity contribution < 1.29 is 9.90 Å². The summed E-state index contributed by atoms with van der Waals surface area (Å²) in [6, 6.07) is 10.4. The van der Waals surface area contributed by atoms with Crippen molar-refractivity contribution in [2.24, 2.45) is 0 Å². The first-order chi connectivity index (χ1) is 9.20. The van der Waals surface area contributed by atoms with Crippen LogP contribution in [0.2, 0.25) is 0 Å². The predicted molar refractivity (Wildman–Crippen MR) is 74.1 cm³/mol. The van der Waals surface area contributed by atoms with Gasteiger partial charge in [0, 0.05) is 30.7 Å². The lowest BCUT2D eigenvalue weighted by molar-refractivity contribution is -0.117. The lowest BCUT2D eigenvalue weighted by Gasteiger charge is -2.21. The van der Waals surface area contributed by atoms with Crippen molar-refractivity contribution in [2.75, 3.05) is 11.4 Å². The molecule has 0 fully saturated rings. The minimum Gasteiger partial charge on any atom is -0.508 e. The second kappa shape index (κ2) is 6.00. The average Bonchev–Trinajstić information content (AvgIpc) is 2.41. The van der Waals surface area contributed by atoms with Crippen LogP contribution in [-0.2, 0) is 11.2 Å². The van der Waals surface area contributed by atoms with Crippen molar-refractivity contribution >= 4 is 11.6 Å². The minimum atomic E-state index is -0.000648. The van der Waals surface area contributed by atoms with Gasteiger partial charge in [0.15, 0.2) is 0 Å². The second-order valence-electron chi connectivity index (χ2n) is 4.19. The molecule has 0 atom stereocenters. The van der Waals surface area contributed by atoms with E-state index in [-0.39, 0.29) is 11.7 Å². The molecule has 1 aromatic heterocycles. The molecule has 4 heteroatoms. The summed E-state index contributed by atoms with van der Waals surface area (Å²) in [6.45, 7) is 2.47. The molecule has 98 valence electrons. The van der Waals surface area contributed by atoms with Crippen molar-refractivity contribution in [3.8, 4) is 5.75 Å². The molecule has 0 aliphatic heterocycles. The number of phenols is 1. The van der Waals surface area contributed by atoms with Crippen molar-refractivity contribution in [1.82, 2.24) is 4.98 Å². The van der Waals surface area contributed by atoms with E-state index < -0.39 is 0 Å². The van der Waals surface area contributed by atoms with E-state index in [9.17, 15) is 9.90 Å². The summed E-state index contributed by atoms with van der Waals surface area (Å²) in [6.07, 6.45) is 3.67. The largest absolute Gasteiger partial charge is 0.508 e. The van der Waals surface area contributed by atoms with Gasteiger partial charge in [0.25, 0.3) is 0 Å². The molecule has 1 N–H and O–H groups in total. The quantitative estimate of drug-likeness (QED) is 0.913. The summed E-state index contributed by atoms with van der Waals surface area (Å²) in [5, 5.41) is 9.48. The van der Waals surface area contributed by atoms with Crippen LogP contribution in [0.1, 0.15) is 12.5 Å². The van der Waals surface area contributed by atoms with Gasteiger partial charge in [-0.1, -0.05) is 6.07 Å². The number of amides is 1. The fourth-order valence-corrected chi connectivity index (χ4v) is 1.93. The number of benzene rings is 1. The molecule has 1 aromatic carbocycles. The SMILES string of the molecule is CCN(C(=O)Cc1ccncc1)c1cccc(O)c1. The van der Waals surface area contributed by atoms with Crippen LogP contribution in [0, 0.1) is 0 Å². The number of carbonyl (C=O) groups is 1. The molecule has 0 saturated carbocycles. The fourth-order valence-electron chi connectivity index (χ4n) is 1.93. The molecule has 1 amide bonds. The molecular weight excluding hydrogens is 240 g/mol. The zero-order valence-electron chi connectivity index (χ0n) is 10.8. The second-order valence-corrected chi connectivity index (χ2v) is 4.19. The van der Waals surface area contributed by atoms with Crippen LogP contribution in [0.15, 0.2) is 48.8 Å². The molecule has 0 bridgehead atoms. The van der Waals surface area contributed by atoms with E-state index >= 15 is 0 Å². The Labute approximate surface area is 112 Å². The molecule has 2 aromatic rings. The topological polar surface area (TPSA) is 53.4 Å². The third-order valence-electron chi connectivity index (χ3n) is 2.86. The van der Waals surface area contributed by atoms with Crippen LogP contribution in [0.4, 0.5) is 5.69 Å². The first-order valence-corrected chi connectivity index (χ1v) is 6.19. The van der Waals surface area contributed by atoms with Gasteiger partial charge in [-0.2, -0.15) is 0 Å². The standard InChI is InChI=1S/C15H16N2O2/c1-2-17(13-4-3-5-14(18)11-13)15(19)10-12-6-8-16-9-7-12/h3-9,11,18H,2,10H2,1H3. The van der Waals surface area contributed by atoms with Gasteiger partial charge < -0.3 is 10.0 Å². The Morgan fingerprint density at radius 2 is 2.00 bits per heavy atom. The highest BCUT2D eigenvalue weighted by molar-refractivity contribution is 5.94. The number of hydrogen-bond donors (Lipinski definition) is 1. The summed E-state index contributed by atoms with van der Waals surface area (Å²) in [5.41, 5.74) is 1.64. The van der Waals surface area contributed by atoms with Gasteiger partial charge in [0.05, 0.1) is 6.42 Å². The van der Waals surface area contributed by atoms with E-state index in [2.05, 4.69) is 4.98 Å². The van der Waals surface area contributed by atoms with E-state index in [1.165, 1.54) is 0 Å². The Balaban J connectivity index is 2.16. The molecular formula is C15H16N2O2. The average molecular weight is 256 g/mol. The Bertz CT molecular complexity index is 555. The number of likely N-dealkylation sites (N-methyl/N-ethyl adjacent to an activating group) is 1. The first kappa shape index (κ1) is 13.1. The van der Waals surface area contributed by atoms with Gasteiger partial charge in [-0.3, -0.25) is 9.78 Å². The Hall–Kier alpha value is -2.36. The molecule has 0 aliphatic rings. The number of aromatic hydroxyl groups is 1. The molecule has 1 heterocycles. The smallest absolute Gasteiger partial charge is 0.231 e. The van der Waals surface area contributed by atoms with Crippen molar-refractivity contribution in [1.29, 1.82) is 0 Å². The predicted octanol–water partition coefficient (Wildman–Crippen LogP) is 2.38. The number of rotatable bonds is 4. The van der Waals surface area contributed by atoms with Crippen LogP contribution in [0.25, 0.3) is 0 Å². The van der Waals surface area contributed by atoms with Crippen LogP contribution < -0.4 is 4.90 Å². The van der Waals surface area contributed by atoms with E-state index in [1.54, 1.807) is 35.5 Å². The summed E-state index contributed by atoms with van der Waals surface area (Å²) in [4.78, 5) is 17.9. The first-order valence-electron chi connectivity index (χ1n) is 6.19. The van der Waals surface area contributed by atoms with E-state index in [0.717, 1.165) is 5.56 Å². The maximum Gasteiger partial charge on any atom is 0.231 e. The fraction of sp³-hybridized carbons (Fsp3) is 0.200. The van der Waals surface area contributed by atoms with Crippen molar-refractivity contribution in [3.63, 3.8) is 0 Å². The van der Waals surface area contributed by atoms with Gasteiger partial charge in [-0.15, -0.1) is 0 Å². The van der Waals surface area contributed by atoms with Gasteiger partial charge >= 0.3 is 0 Å². The summed E-state index contributed by atoms with van der Waals surface area (Å²) in [7, 11) is 0. The molecule has 0 radical (unpaired) electrons. The van der Waals surface area contributed by atoms with Crippen LogP contribution in [0.3, 0.4) is 0 Å². The van der Waals surface area contributed by atoms with Gasteiger partial charge in [0.1, 0.15) is 5.75 Å². The maximum absolute atomic E-state index is 12.3. The zero-order valence-corrected chi connectivity index (χ0v) is 10.8. The maximum atomic E-state index is 12.3. The molecule has 0 saturated heterocycles. The Morgan fingerprint density at radius 3 is 2.63 bits per heavy atom. The molecule has 2 rings (SSSR count). The number of hydrogen-bond acceptors (Lipinski definition) is 3. The van der Waals surface area contributed by atoms with Gasteiger partial charge in [0.2, 0.25) is 5.91 Å². The van der Waals surface area contributed by atoms with E-state index in [4.69, 9.17) is 0 Å². The number of phenolic OH excluding ortho intramolecular Hbond substituents is 1. The Morgan fingerprint density at radius 1 is 1.26 bits per heavy atom. The number of aromatic nitrogens is 1. The number of anilines is 1. The van der Waals surface area contributed by atoms with E-state index in [1.807, 2.05) is 25.1 Å². The molecule has 0 unspecified atom stereocenters. The summed E-state index contributed by atoms with van der Waals surface area (Å²) in [5.74, 6) is 0.159. The summed E-state index contributed by atoms with van der Waals surface area (Å²) < 4.78 is 0. The normalized spacial score (nSPS) is 10.2. The highest BCUT2D eigenvalue weighted by Crippen LogP contribution is 2.20. The number of carbonyl (C=O) groups excluding carboxylic acids is 1. The van der Waals surface area contributed by atoms with Crippen molar-refractivity contribution in [2.45, 2.75) is 13.3 Å². The highest BCUT2D eigenvalue weighted by Gasteiger charge is 2.14. The third-order valence-corrected chi connectivity index (χ3v) is 2.86. The zero-order chi connectivity index (χ0) is 13.7. The van der Waals surface area contributed by atoms with Crippen molar-refractivity contribution in [3.05, 3.63) is 54.4 Å². The molecule has 0 spiro atoms. The number of nitrogens with zero attached hydrogens (tertiary/aromatic N) is 2. The highest BCUT2D eigenvalue weighted by atomic mass is 16.3. The summed E-state index contributed by atoms with van der Waals surface area (Å²) >= 11 is 0. The molecule has 4 nitrogen and oxygen atoms in total. The Kier molecular flexibility index (Phi) is 4.13. The minimum absolute atomic E-state index is 0.000648. The molecule has 0 aliphatic carbocycles. The lowest BCUT2D eigenvalue weighted by Crippen LogP contribution is -2.31. The number of pyridine rings is 1. The monoisotopic (exact) mass is 256 g/mol. The van der Waals surface area contributed by atoms with E-state index in [0.29, 0.717) is 18.7 Å².